The molecule has 0 atom stereocenters. The number of thiazole rings is 1. The lowest BCUT2D eigenvalue weighted by atomic mass is 10.3. The lowest BCUT2D eigenvalue weighted by Crippen LogP contribution is -1.88. The Balaban J connectivity index is 2.94. The van der Waals surface area contributed by atoms with E-state index in [1.807, 2.05) is 11.3 Å². The van der Waals surface area contributed by atoms with E-state index in [9.17, 15) is 0 Å². The predicted molar refractivity (Wildman–Crippen MR) is 54.2 cm³/mol. The summed E-state index contributed by atoms with van der Waals surface area (Å²) < 4.78 is 2.34. The highest BCUT2D eigenvalue weighted by Crippen LogP contribution is 2.26. The molecule has 0 fully saturated rings. The number of nitrogens with zero attached hydrogens (tertiary/aromatic N) is 1. The summed E-state index contributed by atoms with van der Waals surface area (Å²) in [6.07, 6.45) is 0. The molecule has 0 radical (unpaired) electrons. The second-order valence-electron chi connectivity index (χ2n) is 3.33. The molecule has 0 aliphatic carbocycles. The third kappa shape index (κ3) is 0.845. The van der Waals surface area contributed by atoms with Gasteiger partial charge in [-0.25, -0.2) is 0 Å². The van der Waals surface area contributed by atoms with E-state index in [1.54, 1.807) is 0 Å². The van der Waals surface area contributed by atoms with E-state index >= 15 is 0 Å². The van der Waals surface area contributed by atoms with E-state index in [4.69, 9.17) is 0 Å². The van der Waals surface area contributed by atoms with Crippen molar-refractivity contribution in [3.8, 4) is 0 Å². The molecule has 0 unspecified atom stereocenters. The Morgan fingerprint density at radius 1 is 1.08 bits per heavy atom. The lowest BCUT2D eigenvalue weighted by molar-refractivity contribution is 1.04. The van der Waals surface area contributed by atoms with Gasteiger partial charge in [0.2, 0.25) is 0 Å². The van der Waals surface area contributed by atoms with Crippen LogP contribution in [0.1, 0.15) is 21.8 Å². The normalized spacial score (nSPS) is 11.3. The standard InChI is InChI=1S/C10H13NS/c1-6-5-10-11(7(6)2)8(3)9(4)12-10/h5H,1-4H3. The van der Waals surface area contributed by atoms with Crippen LogP contribution >= 0.6 is 11.3 Å². The first kappa shape index (κ1) is 7.87. The van der Waals surface area contributed by atoms with Gasteiger partial charge < -0.3 is 4.40 Å². The van der Waals surface area contributed by atoms with Gasteiger partial charge in [-0.2, -0.15) is 0 Å². The van der Waals surface area contributed by atoms with Gasteiger partial charge in [0.25, 0.3) is 0 Å². The van der Waals surface area contributed by atoms with E-state index in [-0.39, 0.29) is 0 Å². The molecule has 0 saturated heterocycles. The van der Waals surface area contributed by atoms with Crippen molar-refractivity contribution in [3.63, 3.8) is 0 Å². The van der Waals surface area contributed by atoms with Gasteiger partial charge in [-0.3, -0.25) is 0 Å². The molecule has 2 rings (SSSR count). The summed E-state index contributed by atoms with van der Waals surface area (Å²) in [6.45, 7) is 8.72. The minimum atomic E-state index is 1.38. The van der Waals surface area contributed by atoms with Crippen LogP contribution in [0, 0.1) is 27.7 Å². The maximum atomic E-state index is 2.34. The Hall–Kier alpha value is -0.760. The van der Waals surface area contributed by atoms with Crippen molar-refractivity contribution in [1.29, 1.82) is 0 Å². The largest absolute Gasteiger partial charge is 0.309 e. The first-order chi connectivity index (χ1) is 5.61. The van der Waals surface area contributed by atoms with Crippen LogP contribution in [-0.4, -0.2) is 4.40 Å². The first-order valence-corrected chi connectivity index (χ1v) is 4.97. The Labute approximate surface area is 76.6 Å². The molecule has 0 amide bonds. The van der Waals surface area contributed by atoms with Crippen molar-refractivity contribution in [2.75, 3.05) is 0 Å². The molecule has 2 aromatic rings. The average molecular weight is 179 g/mol. The Morgan fingerprint density at radius 2 is 1.75 bits per heavy atom. The van der Waals surface area contributed by atoms with E-state index < -0.39 is 0 Å². The maximum Gasteiger partial charge on any atom is 0.100 e. The van der Waals surface area contributed by atoms with Crippen LogP contribution in [0.5, 0.6) is 0 Å². The highest BCUT2D eigenvalue weighted by Gasteiger charge is 2.08. The maximum absolute atomic E-state index is 2.34. The summed E-state index contributed by atoms with van der Waals surface area (Å²) in [5, 5.41) is 0. The minimum Gasteiger partial charge on any atom is -0.309 e. The van der Waals surface area contributed by atoms with Gasteiger partial charge in [0.15, 0.2) is 0 Å². The molecule has 12 heavy (non-hydrogen) atoms. The van der Waals surface area contributed by atoms with Crippen LogP contribution in [0.25, 0.3) is 4.83 Å². The molecule has 2 heteroatoms. The number of aromatic nitrogens is 1. The molecule has 0 bridgehead atoms. The van der Waals surface area contributed by atoms with Crippen LogP contribution in [0.15, 0.2) is 6.07 Å². The molecule has 0 N–H and O–H groups in total. The summed E-state index contributed by atoms with van der Waals surface area (Å²) >= 11 is 1.88. The smallest absolute Gasteiger partial charge is 0.100 e. The summed E-state index contributed by atoms with van der Waals surface area (Å²) in [5.74, 6) is 0. The van der Waals surface area contributed by atoms with E-state index in [2.05, 4.69) is 38.2 Å². The topological polar surface area (TPSA) is 4.41 Å². The van der Waals surface area contributed by atoms with Crippen molar-refractivity contribution in [1.82, 2.24) is 4.40 Å². The Kier molecular flexibility index (Phi) is 1.55. The van der Waals surface area contributed by atoms with Gasteiger partial charge in [0.05, 0.1) is 0 Å². The van der Waals surface area contributed by atoms with Gasteiger partial charge in [-0.1, -0.05) is 0 Å². The SMILES string of the molecule is Cc1cc2sc(C)c(C)n2c1C. The number of rotatable bonds is 0. The van der Waals surface area contributed by atoms with Gasteiger partial charge in [0.1, 0.15) is 4.83 Å². The molecule has 0 saturated carbocycles. The fourth-order valence-corrected chi connectivity index (χ4v) is 2.73. The molecular weight excluding hydrogens is 166 g/mol. The number of hydrogen-bond donors (Lipinski definition) is 0. The molecule has 64 valence electrons. The van der Waals surface area contributed by atoms with Crippen molar-refractivity contribution < 1.29 is 0 Å². The molecule has 2 aromatic heterocycles. The number of aryl methyl sites for hydroxylation is 4. The van der Waals surface area contributed by atoms with Crippen LogP contribution in [0.2, 0.25) is 0 Å². The van der Waals surface area contributed by atoms with Crippen molar-refractivity contribution in [2.24, 2.45) is 0 Å². The van der Waals surface area contributed by atoms with Crippen LogP contribution < -0.4 is 0 Å². The second-order valence-corrected chi connectivity index (χ2v) is 4.56. The zero-order valence-electron chi connectivity index (χ0n) is 7.93. The predicted octanol–water partition coefficient (Wildman–Crippen LogP) is 3.23. The highest BCUT2D eigenvalue weighted by molar-refractivity contribution is 7.17. The van der Waals surface area contributed by atoms with Gasteiger partial charge >= 0.3 is 0 Å². The minimum absolute atomic E-state index is 1.38. The van der Waals surface area contributed by atoms with Crippen LogP contribution in [0.3, 0.4) is 0 Å². The van der Waals surface area contributed by atoms with Crippen molar-refractivity contribution >= 4 is 16.2 Å². The highest BCUT2D eigenvalue weighted by atomic mass is 32.1. The van der Waals surface area contributed by atoms with Crippen molar-refractivity contribution in [2.45, 2.75) is 27.7 Å². The van der Waals surface area contributed by atoms with Crippen LogP contribution in [0.4, 0.5) is 0 Å². The number of hydrogen-bond acceptors (Lipinski definition) is 1. The van der Waals surface area contributed by atoms with Crippen LogP contribution in [-0.2, 0) is 0 Å². The molecule has 0 aliphatic rings. The molecule has 0 spiro atoms. The van der Waals surface area contributed by atoms with E-state index in [1.165, 1.54) is 26.7 Å². The summed E-state index contributed by atoms with van der Waals surface area (Å²) in [7, 11) is 0. The average Bonchev–Trinajstić information content (AvgIpc) is 2.40. The van der Waals surface area contributed by atoms with E-state index in [0.29, 0.717) is 0 Å². The zero-order valence-corrected chi connectivity index (χ0v) is 8.75. The van der Waals surface area contributed by atoms with Crippen molar-refractivity contribution in [3.05, 3.63) is 27.9 Å². The van der Waals surface area contributed by atoms with Gasteiger partial charge in [-0.15, -0.1) is 11.3 Å². The third-order valence-corrected chi connectivity index (χ3v) is 3.68. The number of fused-ring (bicyclic) bond motifs is 1. The fraction of sp³-hybridized carbons (Fsp3) is 0.400. The summed E-state index contributed by atoms with van der Waals surface area (Å²) in [6, 6.07) is 2.26. The van der Waals surface area contributed by atoms with Gasteiger partial charge in [0, 0.05) is 16.3 Å². The monoisotopic (exact) mass is 179 g/mol. The van der Waals surface area contributed by atoms with Gasteiger partial charge in [-0.05, 0) is 39.3 Å². The van der Waals surface area contributed by atoms with E-state index in [0.717, 1.165) is 0 Å². The Morgan fingerprint density at radius 3 is 2.33 bits per heavy atom. The quantitative estimate of drug-likeness (QED) is 0.585. The molecule has 2 heterocycles. The lowest BCUT2D eigenvalue weighted by Gasteiger charge is -1.96. The zero-order chi connectivity index (χ0) is 8.88. The fourth-order valence-electron chi connectivity index (χ4n) is 1.58. The first-order valence-electron chi connectivity index (χ1n) is 4.16. The second kappa shape index (κ2) is 2.36. The molecule has 0 aromatic carbocycles. The molecule has 0 aliphatic heterocycles. The Bertz CT molecular complexity index is 397. The third-order valence-electron chi connectivity index (χ3n) is 2.57. The summed E-state index contributed by atoms with van der Waals surface area (Å²) in [4.78, 5) is 2.80. The summed E-state index contributed by atoms with van der Waals surface area (Å²) in [5.41, 5.74) is 4.16. The molecular formula is C10H13NS. The molecule has 1 nitrogen and oxygen atoms in total.